The summed E-state index contributed by atoms with van der Waals surface area (Å²) in [5.74, 6) is -0.559. The topological polar surface area (TPSA) is 40.5 Å². The highest BCUT2D eigenvalue weighted by molar-refractivity contribution is 6.30. The molecule has 0 amide bonds. The van der Waals surface area contributed by atoms with E-state index in [0.717, 1.165) is 0 Å². The molecule has 0 aliphatic heterocycles. The molecule has 0 bridgehead atoms. The van der Waals surface area contributed by atoms with Crippen molar-refractivity contribution in [2.45, 2.75) is 12.5 Å². The number of rotatable bonds is 3. The molecule has 2 N–H and O–H groups in total. The lowest BCUT2D eigenvalue weighted by molar-refractivity contribution is 0.134. The van der Waals surface area contributed by atoms with Crippen LogP contribution < -0.4 is 0 Å². The van der Waals surface area contributed by atoms with Gasteiger partial charge in [0.05, 0.1) is 11.1 Å². The van der Waals surface area contributed by atoms with Crippen LogP contribution in [0.4, 0.5) is 4.39 Å². The standard InChI is InChI=1S/C9H10ClFO2/c10-7-2-1-6(5-8(7)11)9(13)3-4-12/h1-2,5,9,12-13H,3-4H2. The minimum atomic E-state index is -0.836. The Labute approximate surface area is 80.6 Å². The highest BCUT2D eigenvalue weighted by Crippen LogP contribution is 2.21. The summed E-state index contributed by atoms with van der Waals surface area (Å²) in [5.41, 5.74) is 0.427. The second kappa shape index (κ2) is 4.56. The first-order chi connectivity index (χ1) is 6.15. The van der Waals surface area contributed by atoms with E-state index in [1.165, 1.54) is 18.2 Å². The van der Waals surface area contributed by atoms with Crippen LogP contribution in [0.3, 0.4) is 0 Å². The highest BCUT2D eigenvalue weighted by atomic mass is 35.5. The van der Waals surface area contributed by atoms with Gasteiger partial charge in [-0.3, -0.25) is 0 Å². The number of aliphatic hydroxyl groups excluding tert-OH is 2. The van der Waals surface area contributed by atoms with Gasteiger partial charge in [0.25, 0.3) is 0 Å². The summed E-state index contributed by atoms with van der Waals surface area (Å²) < 4.78 is 12.9. The van der Waals surface area contributed by atoms with Crippen LogP contribution in [0.15, 0.2) is 18.2 Å². The van der Waals surface area contributed by atoms with Crippen molar-refractivity contribution in [1.82, 2.24) is 0 Å². The molecule has 0 radical (unpaired) electrons. The number of hydrogen-bond donors (Lipinski definition) is 2. The Bertz CT molecular complexity index is 291. The molecular formula is C9H10ClFO2. The second-order valence-corrected chi connectivity index (χ2v) is 3.11. The van der Waals surface area contributed by atoms with Crippen LogP contribution in [0.5, 0.6) is 0 Å². The predicted molar refractivity (Wildman–Crippen MR) is 48.1 cm³/mol. The Hall–Kier alpha value is -0.640. The van der Waals surface area contributed by atoms with Crippen LogP contribution in [0.2, 0.25) is 5.02 Å². The van der Waals surface area contributed by atoms with E-state index < -0.39 is 11.9 Å². The maximum absolute atomic E-state index is 12.9. The molecule has 72 valence electrons. The van der Waals surface area contributed by atoms with Gasteiger partial charge >= 0.3 is 0 Å². The number of aliphatic hydroxyl groups is 2. The van der Waals surface area contributed by atoms with Crippen LogP contribution in [0.25, 0.3) is 0 Å². The Morgan fingerprint density at radius 1 is 1.46 bits per heavy atom. The zero-order valence-electron chi connectivity index (χ0n) is 6.87. The fourth-order valence-electron chi connectivity index (χ4n) is 1.01. The molecule has 0 aliphatic carbocycles. The normalized spacial score (nSPS) is 12.9. The summed E-state index contributed by atoms with van der Waals surface area (Å²) in [4.78, 5) is 0. The number of benzene rings is 1. The average molecular weight is 205 g/mol. The zero-order chi connectivity index (χ0) is 9.84. The van der Waals surface area contributed by atoms with Gasteiger partial charge in [0, 0.05) is 13.0 Å². The van der Waals surface area contributed by atoms with Gasteiger partial charge in [-0.1, -0.05) is 17.7 Å². The lowest BCUT2D eigenvalue weighted by Crippen LogP contribution is -2.00. The molecule has 1 aromatic carbocycles. The molecule has 0 aliphatic rings. The molecule has 0 saturated carbocycles. The molecule has 0 heterocycles. The SMILES string of the molecule is OCCC(O)c1ccc(Cl)c(F)c1. The van der Waals surface area contributed by atoms with Crippen LogP contribution in [-0.4, -0.2) is 16.8 Å². The fourth-order valence-corrected chi connectivity index (χ4v) is 1.13. The van der Waals surface area contributed by atoms with Crippen LogP contribution in [-0.2, 0) is 0 Å². The second-order valence-electron chi connectivity index (χ2n) is 2.70. The van der Waals surface area contributed by atoms with Gasteiger partial charge in [-0.15, -0.1) is 0 Å². The lowest BCUT2D eigenvalue weighted by atomic mass is 10.1. The van der Waals surface area contributed by atoms with Crippen molar-refractivity contribution in [2.24, 2.45) is 0 Å². The first-order valence-corrected chi connectivity index (χ1v) is 4.27. The summed E-state index contributed by atoms with van der Waals surface area (Å²) in [7, 11) is 0. The Kier molecular flexibility index (Phi) is 3.66. The molecule has 13 heavy (non-hydrogen) atoms. The average Bonchev–Trinajstić information content (AvgIpc) is 2.10. The van der Waals surface area contributed by atoms with E-state index in [-0.39, 0.29) is 18.1 Å². The molecule has 0 spiro atoms. The molecular weight excluding hydrogens is 195 g/mol. The third-order valence-electron chi connectivity index (χ3n) is 1.73. The highest BCUT2D eigenvalue weighted by Gasteiger charge is 2.08. The summed E-state index contributed by atoms with van der Waals surface area (Å²) in [6.45, 7) is -0.134. The van der Waals surface area contributed by atoms with E-state index in [4.69, 9.17) is 16.7 Å². The smallest absolute Gasteiger partial charge is 0.142 e. The van der Waals surface area contributed by atoms with Crippen molar-refractivity contribution in [3.05, 3.63) is 34.6 Å². The van der Waals surface area contributed by atoms with Gasteiger partial charge in [0.15, 0.2) is 0 Å². The van der Waals surface area contributed by atoms with E-state index in [9.17, 15) is 9.50 Å². The largest absolute Gasteiger partial charge is 0.396 e. The first-order valence-electron chi connectivity index (χ1n) is 3.89. The van der Waals surface area contributed by atoms with Gasteiger partial charge < -0.3 is 10.2 Å². The Morgan fingerprint density at radius 3 is 2.69 bits per heavy atom. The van der Waals surface area contributed by atoms with Gasteiger partial charge in [0.1, 0.15) is 5.82 Å². The van der Waals surface area contributed by atoms with E-state index in [2.05, 4.69) is 0 Å². The summed E-state index contributed by atoms with van der Waals surface area (Å²) in [6, 6.07) is 4.08. The molecule has 1 aromatic rings. The molecule has 0 aromatic heterocycles. The third-order valence-corrected chi connectivity index (χ3v) is 2.04. The lowest BCUT2D eigenvalue weighted by Gasteiger charge is -2.09. The van der Waals surface area contributed by atoms with E-state index in [0.29, 0.717) is 5.56 Å². The Morgan fingerprint density at radius 2 is 2.15 bits per heavy atom. The number of halogens is 2. The third kappa shape index (κ3) is 2.66. The summed E-state index contributed by atoms with van der Waals surface area (Å²) in [5, 5.41) is 17.9. The summed E-state index contributed by atoms with van der Waals surface area (Å²) in [6.07, 6.45) is -0.641. The monoisotopic (exact) mass is 204 g/mol. The van der Waals surface area contributed by atoms with Gasteiger partial charge in [0.2, 0.25) is 0 Å². The molecule has 4 heteroatoms. The molecule has 0 saturated heterocycles. The molecule has 2 nitrogen and oxygen atoms in total. The van der Waals surface area contributed by atoms with Crippen LogP contribution in [0, 0.1) is 5.82 Å². The minimum Gasteiger partial charge on any atom is -0.396 e. The van der Waals surface area contributed by atoms with E-state index in [1.54, 1.807) is 0 Å². The molecule has 0 fully saturated rings. The van der Waals surface area contributed by atoms with Crippen molar-refractivity contribution in [3.8, 4) is 0 Å². The minimum absolute atomic E-state index is 0.0277. The van der Waals surface area contributed by atoms with Crippen molar-refractivity contribution in [1.29, 1.82) is 0 Å². The van der Waals surface area contributed by atoms with Crippen LogP contribution in [0.1, 0.15) is 18.1 Å². The predicted octanol–water partition coefficient (Wildman–Crippen LogP) is 1.89. The van der Waals surface area contributed by atoms with Crippen molar-refractivity contribution >= 4 is 11.6 Å². The molecule has 1 rings (SSSR count). The van der Waals surface area contributed by atoms with Crippen molar-refractivity contribution in [3.63, 3.8) is 0 Å². The van der Waals surface area contributed by atoms with Gasteiger partial charge in [-0.05, 0) is 17.7 Å². The quantitative estimate of drug-likeness (QED) is 0.790. The molecule has 1 unspecified atom stereocenters. The van der Waals surface area contributed by atoms with Crippen molar-refractivity contribution in [2.75, 3.05) is 6.61 Å². The van der Waals surface area contributed by atoms with Crippen LogP contribution >= 0.6 is 11.6 Å². The van der Waals surface area contributed by atoms with Crippen molar-refractivity contribution < 1.29 is 14.6 Å². The van der Waals surface area contributed by atoms with Gasteiger partial charge in [-0.2, -0.15) is 0 Å². The van der Waals surface area contributed by atoms with E-state index in [1.807, 2.05) is 0 Å². The summed E-state index contributed by atoms with van der Waals surface area (Å²) >= 11 is 5.46. The maximum atomic E-state index is 12.9. The number of hydrogen-bond acceptors (Lipinski definition) is 2. The maximum Gasteiger partial charge on any atom is 0.142 e. The zero-order valence-corrected chi connectivity index (χ0v) is 7.63. The van der Waals surface area contributed by atoms with E-state index >= 15 is 0 Å². The molecule has 1 atom stereocenters. The first kappa shape index (κ1) is 10.4. The van der Waals surface area contributed by atoms with Gasteiger partial charge in [-0.25, -0.2) is 4.39 Å². The fraction of sp³-hybridized carbons (Fsp3) is 0.333. The Balaban J connectivity index is 2.84.